The number of nitrogens with zero attached hydrogens (tertiary/aromatic N) is 2. The number of amides is 1. The average molecular weight is 637 g/mol. The van der Waals surface area contributed by atoms with E-state index in [4.69, 9.17) is 23.4 Å². The SMILES string of the molecule is CCC(C)[Si](C)(C)OCCN(C(=O)c1cc(OC)c(OC)cc1I)c1ccnc2cc3c(cc12)OCO3. The van der Waals surface area contributed by atoms with E-state index in [1.54, 1.807) is 31.4 Å². The number of benzene rings is 2. The van der Waals surface area contributed by atoms with Gasteiger partial charge < -0.3 is 28.3 Å². The number of carbonyl (C=O) groups is 1. The Kier molecular flexibility index (Phi) is 8.49. The van der Waals surface area contributed by atoms with Crippen molar-refractivity contribution in [2.75, 3.05) is 39.1 Å². The number of ether oxygens (including phenoxy) is 4. The predicted molar refractivity (Wildman–Crippen MR) is 155 cm³/mol. The van der Waals surface area contributed by atoms with Crippen LogP contribution in [-0.2, 0) is 4.43 Å². The van der Waals surface area contributed by atoms with Gasteiger partial charge in [-0.2, -0.15) is 0 Å². The van der Waals surface area contributed by atoms with Gasteiger partial charge in [-0.15, -0.1) is 0 Å². The summed E-state index contributed by atoms with van der Waals surface area (Å²) in [6, 6.07) is 9.13. The topological polar surface area (TPSA) is 79.4 Å². The molecule has 1 amide bonds. The highest BCUT2D eigenvalue weighted by atomic mass is 127. The summed E-state index contributed by atoms with van der Waals surface area (Å²) in [5.41, 5.74) is 2.47. The zero-order chi connectivity index (χ0) is 26.7. The molecule has 0 spiro atoms. The lowest BCUT2D eigenvalue weighted by molar-refractivity contribution is 0.0980. The Hall–Kier alpha value is -2.57. The van der Waals surface area contributed by atoms with Crippen molar-refractivity contribution in [1.29, 1.82) is 0 Å². The maximum Gasteiger partial charge on any atom is 0.259 e. The largest absolute Gasteiger partial charge is 0.493 e. The molecule has 0 bridgehead atoms. The van der Waals surface area contributed by atoms with Gasteiger partial charge in [0.25, 0.3) is 5.91 Å². The molecule has 10 heteroatoms. The first kappa shape index (κ1) is 27.5. The zero-order valence-electron chi connectivity index (χ0n) is 22.1. The van der Waals surface area contributed by atoms with E-state index in [0.29, 0.717) is 47.3 Å². The molecule has 0 saturated carbocycles. The zero-order valence-corrected chi connectivity index (χ0v) is 25.2. The van der Waals surface area contributed by atoms with Crippen molar-refractivity contribution in [2.24, 2.45) is 0 Å². The fourth-order valence-corrected chi connectivity index (χ4v) is 6.84. The number of halogens is 1. The molecule has 0 aliphatic carbocycles. The monoisotopic (exact) mass is 636 g/mol. The number of carbonyl (C=O) groups excluding carboxylic acids is 1. The Bertz CT molecular complexity index is 1300. The summed E-state index contributed by atoms with van der Waals surface area (Å²) in [4.78, 5) is 20.4. The van der Waals surface area contributed by atoms with Crippen molar-refractivity contribution >= 4 is 53.4 Å². The number of hydrogen-bond acceptors (Lipinski definition) is 7. The quantitative estimate of drug-likeness (QED) is 0.192. The Morgan fingerprint density at radius 2 is 1.81 bits per heavy atom. The second-order valence-corrected chi connectivity index (χ2v) is 15.1. The average Bonchev–Trinajstić information content (AvgIpc) is 3.36. The molecule has 1 unspecified atom stereocenters. The van der Waals surface area contributed by atoms with E-state index >= 15 is 0 Å². The maximum atomic E-state index is 14.2. The fourth-order valence-electron chi connectivity index (χ4n) is 4.29. The van der Waals surface area contributed by atoms with Gasteiger partial charge in [0.2, 0.25) is 6.79 Å². The molecule has 1 aliphatic heterocycles. The van der Waals surface area contributed by atoms with Crippen LogP contribution in [-0.4, -0.2) is 53.4 Å². The molecule has 0 N–H and O–H groups in total. The lowest BCUT2D eigenvalue weighted by atomic mass is 10.1. The molecule has 2 heterocycles. The lowest BCUT2D eigenvalue weighted by Gasteiger charge is -2.31. The molecular weight excluding hydrogens is 603 g/mol. The molecule has 1 atom stereocenters. The first-order chi connectivity index (χ1) is 17.7. The molecule has 4 rings (SSSR count). The van der Waals surface area contributed by atoms with Gasteiger partial charge >= 0.3 is 0 Å². The summed E-state index contributed by atoms with van der Waals surface area (Å²) < 4.78 is 29.3. The molecule has 37 heavy (non-hydrogen) atoms. The van der Waals surface area contributed by atoms with E-state index in [0.717, 1.165) is 26.6 Å². The molecule has 0 saturated heterocycles. The van der Waals surface area contributed by atoms with Crippen LogP contribution >= 0.6 is 22.6 Å². The number of aromatic nitrogens is 1. The number of rotatable bonds is 10. The summed E-state index contributed by atoms with van der Waals surface area (Å²) in [6.45, 7) is 9.85. The summed E-state index contributed by atoms with van der Waals surface area (Å²) >= 11 is 2.16. The van der Waals surface area contributed by atoms with Crippen LogP contribution in [0.25, 0.3) is 10.9 Å². The van der Waals surface area contributed by atoms with E-state index < -0.39 is 8.32 Å². The van der Waals surface area contributed by atoms with Crippen molar-refractivity contribution in [3.05, 3.63) is 45.7 Å². The standard InChI is InChI=1S/C27H33IN2O6Si/c1-7-17(2)37(5,6)36-11-10-30(27(31)18-12-23(32-3)24(33-4)14-20(18)28)22-8-9-29-21-15-26-25(13-19(21)22)34-16-35-26/h8-9,12-15,17H,7,10-11,16H2,1-6H3. The third-order valence-electron chi connectivity index (χ3n) is 7.04. The van der Waals surface area contributed by atoms with E-state index in [-0.39, 0.29) is 12.7 Å². The summed E-state index contributed by atoms with van der Waals surface area (Å²) in [6.07, 6.45) is 2.77. The second-order valence-electron chi connectivity index (χ2n) is 9.46. The third-order valence-corrected chi connectivity index (χ3v) is 11.7. The normalized spacial score (nSPS) is 13.5. The molecule has 1 aliphatic rings. The van der Waals surface area contributed by atoms with Crippen molar-refractivity contribution in [2.45, 2.75) is 38.9 Å². The summed E-state index contributed by atoms with van der Waals surface area (Å²) in [7, 11) is 1.22. The number of fused-ring (bicyclic) bond motifs is 2. The second kappa shape index (κ2) is 11.4. The predicted octanol–water partition coefficient (Wildman–Crippen LogP) is 6.25. The molecule has 0 radical (unpaired) electrons. The first-order valence-electron chi connectivity index (χ1n) is 12.3. The third kappa shape index (κ3) is 5.65. The van der Waals surface area contributed by atoms with Crippen LogP contribution in [0.15, 0.2) is 36.5 Å². The van der Waals surface area contributed by atoms with Gasteiger partial charge in [0.15, 0.2) is 31.3 Å². The van der Waals surface area contributed by atoms with Crippen molar-refractivity contribution in [1.82, 2.24) is 4.98 Å². The van der Waals surface area contributed by atoms with Crippen LogP contribution in [0.1, 0.15) is 30.6 Å². The molecule has 3 aromatic rings. The van der Waals surface area contributed by atoms with Crippen molar-refractivity contribution < 1.29 is 28.2 Å². The molecule has 8 nitrogen and oxygen atoms in total. The lowest BCUT2D eigenvalue weighted by Crippen LogP contribution is -2.40. The summed E-state index contributed by atoms with van der Waals surface area (Å²) in [5, 5.41) is 0.800. The minimum absolute atomic E-state index is 0.163. The van der Waals surface area contributed by atoms with E-state index in [9.17, 15) is 4.79 Å². The fraction of sp³-hybridized carbons (Fsp3) is 0.407. The highest BCUT2D eigenvalue weighted by Crippen LogP contribution is 2.39. The minimum Gasteiger partial charge on any atom is -0.493 e. The Labute approximate surface area is 232 Å². The van der Waals surface area contributed by atoms with Gasteiger partial charge in [0.1, 0.15) is 0 Å². The van der Waals surface area contributed by atoms with Gasteiger partial charge in [0, 0.05) is 27.8 Å². The van der Waals surface area contributed by atoms with Gasteiger partial charge in [0.05, 0.1) is 37.6 Å². The smallest absolute Gasteiger partial charge is 0.259 e. The van der Waals surface area contributed by atoms with E-state index in [1.807, 2.05) is 24.3 Å². The highest BCUT2D eigenvalue weighted by molar-refractivity contribution is 14.1. The number of hydrogen-bond donors (Lipinski definition) is 0. The number of pyridine rings is 1. The van der Waals surface area contributed by atoms with E-state index in [1.165, 1.54) is 0 Å². The highest BCUT2D eigenvalue weighted by Gasteiger charge is 2.30. The van der Waals surface area contributed by atoms with Crippen molar-refractivity contribution in [3.63, 3.8) is 0 Å². The minimum atomic E-state index is -1.92. The van der Waals surface area contributed by atoms with Crippen LogP contribution in [0.2, 0.25) is 18.6 Å². The van der Waals surface area contributed by atoms with Crippen molar-refractivity contribution in [3.8, 4) is 23.0 Å². The molecule has 1 aromatic heterocycles. The Morgan fingerprint density at radius 3 is 2.49 bits per heavy atom. The van der Waals surface area contributed by atoms with Crippen LogP contribution in [0.5, 0.6) is 23.0 Å². The summed E-state index contributed by atoms with van der Waals surface area (Å²) in [5.74, 6) is 2.19. The first-order valence-corrected chi connectivity index (χ1v) is 16.3. The molecular formula is C27H33IN2O6Si. The maximum absolute atomic E-state index is 14.2. The Morgan fingerprint density at radius 1 is 1.14 bits per heavy atom. The van der Waals surface area contributed by atoms with Gasteiger partial charge in [-0.3, -0.25) is 9.78 Å². The molecule has 0 fully saturated rings. The van der Waals surface area contributed by atoms with Gasteiger partial charge in [-0.1, -0.05) is 20.3 Å². The van der Waals surface area contributed by atoms with Crippen LogP contribution in [0.3, 0.4) is 0 Å². The van der Waals surface area contributed by atoms with Crippen LogP contribution < -0.4 is 23.8 Å². The molecule has 198 valence electrons. The van der Waals surface area contributed by atoms with Gasteiger partial charge in [-0.25, -0.2) is 0 Å². The van der Waals surface area contributed by atoms with E-state index in [2.05, 4.69) is 54.5 Å². The number of anilines is 1. The molecule has 2 aromatic carbocycles. The van der Waals surface area contributed by atoms with Crippen LogP contribution in [0, 0.1) is 3.57 Å². The van der Waals surface area contributed by atoms with Gasteiger partial charge in [-0.05, 0) is 65.5 Å². The number of methoxy groups -OCH3 is 2. The van der Waals surface area contributed by atoms with Crippen LogP contribution in [0.4, 0.5) is 5.69 Å². The Balaban J connectivity index is 1.76.